The van der Waals surface area contributed by atoms with Crippen molar-refractivity contribution < 1.29 is 19.8 Å². The van der Waals surface area contributed by atoms with Crippen LogP contribution in [0.4, 0.5) is 0 Å². The Bertz CT molecular complexity index is 709. The summed E-state index contributed by atoms with van der Waals surface area (Å²) in [5.74, 6) is -1.55. The van der Waals surface area contributed by atoms with Crippen molar-refractivity contribution in [1.29, 1.82) is 0 Å². The average molecular weight is 306 g/mol. The Morgan fingerprint density at radius 2 is 2.05 bits per heavy atom. The van der Waals surface area contributed by atoms with E-state index in [1.807, 2.05) is 6.92 Å². The monoisotopic (exact) mass is 306 g/mol. The topological polar surface area (TPSA) is 99.5 Å². The Morgan fingerprint density at radius 1 is 1.33 bits per heavy atom. The van der Waals surface area contributed by atoms with Crippen LogP contribution in [0.15, 0.2) is 18.2 Å². The van der Waals surface area contributed by atoms with E-state index in [0.29, 0.717) is 10.7 Å². The molecule has 0 unspecified atom stereocenters. The average Bonchev–Trinajstić information content (AvgIpc) is 2.77. The molecule has 1 aromatic heterocycles. The van der Waals surface area contributed by atoms with Crippen molar-refractivity contribution in [3.05, 3.63) is 44.9 Å². The lowest BCUT2D eigenvalue weighted by molar-refractivity contribution is 0.0701. The summed E-state index contributed by atoms with van der Waals surface area (Å²) in [6, 6.07) is 4.77. The Morgan fingerprint density at radius 3 is 2.62 bits per heavy atom. The van der Waals surface area contributed by atoms with Crippen molar-refractivity contribution in [1.82, 2.24) is 10.3 Å². The highest BCUT2D eigenvalue weighted by molar-refractivity contribution is 7.13. The van der Waals surface area contributed by atoms with Crippen LogP contribution in [0.25, 0.3) is 0 Å². The zero-order chi connectivity index (χ0) is 15.6. The number of thiazole rings is 1. The van der Waals surface area contributed by atoms with Crippen molar-refractivity contribution in [3.63, 3.8) is 0 Å². The molecule has 0 radical (unpaired) electrons. The van der Waals surface area contributed by atoms with Gasteiger partial charge >= 0.3 is 5.97 Å². The second-order valence-electron chi connectivity index (χ2n) is 4.53. The zero-order valence-corrected chi connectivity index (χ0v) is 12.3. The fourth-order valence-electron chi connectivity index (χ4n) is 1.81. The Balaban J connectivity index is 2.07. The molecule has 21 heavy (non-hydrogen) atoms. The molecule has 1 heterocycles. The summed E-state index contributed by atoms with van der Waals surface area (Å²) in [7, 11) is 0. The van der Waals surface area contributed by atoms with Crippen LogP contribution in [-0.4, -0.2) is 27.1 Å². The van der Waals surface area contributed by atoms with E-state index in [4.69, 9.17) is 5.11 Å². The number of phenols is 1. The lowest BCUT2D eigenvalue weighted by Gasteiger charge is -2.06. The molecule has 3 N–H and O–H groups in total. The van der Waals surface area contributed by atoms with Crippen molar-refractivity contribution >= 4 is 23.2 Å². The van der Waals surface area contributed by atoms with Gasteiger partial charge in [0.05, 0.1) is 17.8 Å². The highest BCUT2D eigenvalue weighted by atomic mass is 32.1. The largest absolute Gasteiger partial charge is 0.507 e. The second-order valence-corrected chi connectivity index (χ2v) is 5.61. The number of carbonyl (C=O) groups is 2. The predicted octanol–water partition coefficient (Wildman–Crippen LogP) is 2.09. The summed E-state index contributed by atoms with van der Waals surface area (Å²) >= 11 is 1.02. The fourth-order valence-corrected chi connectivity index (χ4v) is 2.65. The number of carbonyl (C=O) groups excluding carboxylic acids is 1. The van der Waals surface area contributed by atoms with Crippen LogP contribution >= 0.6 is 11.3 Å². The minimum Gasteiger partial charge on any atom is -0.507 e. The third-order valence-corrected chi connectivity index (χ3v) is 3.98. The summed E-state index contributed by atoms with van der Waals surface area (Å²) in [5, 5.41) is 21.8. The zero-order valence-electron chi connectivity index (χ0n) is 11.5. The number of carboxylic acids is 1. The SMILES string of the molecule is Cc1ccc(C(=O)NCc2nc(C)c(C(=O)O)s2)c(O)c1. The third-order valence-electron chi connectivity index (χ3n) is 2.83. The number of benzene rings is 1. The minimum atomic E-state index is -1.03. The van der Waals surface area contributed by atoms with Gasteiger partial charge in [0, 0.05) is 0 Å². The van der Waals surface area contributed by atoms with Gasteiger partial charge in [-0.25, -0.2) is 9.78 Å². The van der Waals surface area contributed by atoms with Crippen molar-refractivity contribution in [3.8, 4) is 5.75 Å². The van der Waals surface area contributed by atoms with E-state index in [-0.39, 0.29) is 22.7 Å². The highest BCUT2D eigenvalue weighted by Gasteiger charge is 2.15. The smallest absolute Gasteiger partial charge is 0.347 e. The first-order chi connectivity index (χ1) is 9.88. The number of carboxylic acid groups (broad SMARTS) is 1. The molecule has 0 aliphatic carbocycles. The maximum Gasteiger partial charge on any atom is 0.347 e. The highest BCUT2D eigenvalue weighted by Crippen LogP contribution is 2.20. The number of rotatable bonds is 4. The van der Waals surface area contributed by atoms with Crippen LogP contribution in [0.2, 0.25) is 0 Å². The molecule has 0 bridgehead atoms. The number of aryl methyl sites for hydroxylation is 2. The van der Waals surface area contributed by atoms with E-state index in [1.165, 1.54) is 12.1 Å². The van der Waals surface area contributed by atoms with E-state index < -0.39 is 11.9 Å². The van der Waals surface area contributed by atoms with Crippen molar-refractivity contribution in [2.75, 3.05) is 0 Å². The Labute approximate surface area is 125 Å². The minimum absolute atomic E-state index is 0.0888. The first-order valence-corrected chi connectivity index (χ1v) is 6.97. The van der Waals surface area contributed by atoms with Crippen LogP contribution in [0, 0.1) is 13.8 Å². The van der Waals surface area contributed by atoms with Crippen LogP contribution in [0.5, 0.6) is 5.75 Å². The van der Waals surface area contributed by atoms with Crippen molar-refractivity contribution in [2.45, 2.75) is 20.4 Å². The first-order valence-electron chi connectivity index (χ1n) is 6.16. The summed E-state index contributed by atoms with van der Waals surface area (Å²) in [6.45, 7) is 3.54. The van der Waals surface area contributed by atoms with Gasteiger partial charge in [0.2, 0.25) is 0 Å². The lowest BCUT2D eigenvalue weighted by atomic mass is 10.1. The fraction of sp³-hybridized carbons (Fsp3) is 0.214. The number of amides is 1. The van der Waals surface area contributed by atoms with Gasteiger partial charge in [0.1, 0.15) is 15.6 Å². The third kappa shape index (κ3) is 3.38. The quantitative estimate of drug-likeness (QED) is 0.803. The molecule has 1 amide bonds. The maximum atomic E-state index is 12.0. The van der Waals surface area contributed by atoms with Gasteiger partial charge in [0.15, 0.2) is 0 Å². The molecule has 110 valence electrons. The van der Waals surface area contributed by atoms with Crippen molar-refractivity contribution in [2.24, 2.45) is 0 Å². The van der Waals surface area contributed by atoms with Crippen LogP contribution in [-0.2, 0) is 6.54 Å². The van der Waals surface area contributed by atoms with E-state index in [1.54, 1.807) is 13.0 Å². The molecule has 0 fully saturated rings. The molecule has 0 aliphatic heterocycles. The molecule has 6 nitrogen and oxygen atoms in total. The van der Waals surface area contributed by atoms with E-state index in [2.05, 4.69) is 10.3 Å². The second kappa shape index (κ2) is 5.92. The summed E-state index contributed by atoms with van der Waals surface area (Å²) in [6.07, 6.45) is 0. The number of aromatic carboxylic acids is 1. The number of phenolic OH excluding ortho intramolecular Hbond substituents is 1. The molecular formula is C14H14N2O4S. The summed E-state index contributed by atoms with van der Waals surface area (Å²) in [5.41, 5.74) is 1.45. The molecular weight excluding hydrogens is 292 g/mol. The maximum absolute atomic E-state index is 12.0. The normalized spacial score (nSPS) is 10.4. The summed E-state index contributed by atoms with van der Waals surface area (Å²) in [4.78, 5) is 27.1. The van der Waals surface area contributed by atoms with Gasteiger partial charge < -0.3 is 15.5 Å². The molecule has 2 aromatic rings. The van der Waals surface area contributed by atoms with E-state index in [9.17, 15) is 14.7 Å². The molecule has 1 aromatic carbocycles. The number of hydrogen-bond acceptors (Lipinski definition) is 5. The van der Waals surface area contributed by atoms with E-state index >= 15 is 0 Å². The molecule has 0 spiro atoms. The Kier molecular flexibility index (Phi) is 4.23. The molecule has 0 atom stereocenters. The predicted molar refractivity (Wildman–Crippen MR) is 77.8 cm³/mol. The van der Waals surface area contributed by atoms with Gasteiger partial charge in [-0.05, 0) is 31.5 Å². The number of aromatic hydroxyl groups is 1. The van der Waals surface area contributed by atoms with Gasteiger partial charge in [0.25, 0.3) is 5.91 Å². The molecule has 2 rings (SSSR count). The standard InChI is InChI=1S/C14H14N2O4S/c1-7-3-4-9(10(17)5-7)13(18)15-6-11-16-8(2)12(21-11)14(19)20/h3-5,17H,6H2,1-2H3,(H,15,18)(H,19,20). The Hall–Kier alpha value is -2.41. The number of hydrogen-bond donors (Lipinski definition) is 3. The number of nitrogens with one attached hydrogen (secondary N) is 1. The molecule has 0 saturated heterocycles. The molecule has 7 heteroatoms. The van der Waals surface area contributed by atoms with Gasteiger partial charge in [-0.3, -0.25) is 4.79 Å². The number of nitrogens with zero attached hydrogens (tertiary/aromatic N) is 1. The van der Waals surface area contributed by atoms with Crippen LogP contribution in [0.1, 0.15) is 36.3 Å². The lowest BCUT2D eigenvalue weighted by Crippen LogP contribution is -2.22. The van der Waals surface area contributed by atoms with Crippen LogP contribution in [0.3, 0.4) is 0 Å². The van der Waals surface area contributed by atoms with Gasteiger partial charge in [-0.15, -0.1) is 11.3 Å². The first kappa shape index (κ1) is 15.0. The molecule has 0 aliphatic rings. The van der Waals surface area contributed by atoms with Gasteiger partial charge in [-0.2, -0.15) is 0 Å². The summed E-state index contributed by atoms with van der Waals surface area (Å²) < 4.78 is 0. The molecule has 0 saturated carbocycles. The van der Waals surface area contributed by atoms with Gasteiger partial charge in [-0.1, -0.05) is 6.07 Å². The van der Waals surface area contributed by atoms with Crippen LogP contribution < -0.4 is 5.32 Å². The van der Waals surface area contributed by atoms with E-state index in [0.717, 1.165) is 16.9 Å². The number of aromatic nitrogens is 1.